The molecule has 3 saturated heterocycles. The van der Waals surface area contributed by atoms with Crippen molar-refractivity contribution in [2.45, 2.75) is 68.9 Å². The Bertz CT molecular complexity index is 1030. The Kier molecular flexibility index (Phi) is 8.15. The highest BCUT2D eigenvalue weighted by atomic mass is 32.2. The molecule has 1 N–H and O–H groups in total. The minimum atomic E-state index is -0.654. The summed E-state index contributed by atoms with van der Waals surface area (Å²) in [6.07, 6.45) is 5.36. The molecule has 0 aliphatic carbocycles. The predicted molar refractivity (Wildman–Crippen MR) is 142 cm³/mol. The van der Waals surface area contributed by atoms with Gasteiger partial charge in [0.1, 0.15) is 6.04 Å². The lowest BCUT2D eigenvalue weighted by molar-refractivity contribution is -0.153. The van der Waals surface area contributed by atoms with Crippen molar-refractivity contribution in [1.82, 2.24) is 4.90 Å². The standard InChI is InChI=1S/C28H38N2O5S/c1-5-14-29(20-17-18(3)10-11-19(20)4)26(33)24-28-13-12-21(36-28)22(27(34)35-6-2)23(28)25(32)30(24)15-8-7-9-16-31/h5,10-11,17,21-24,31H,1,6-9,12-16H2,2-4H3/t21-,22+,23-,24?,28?/m0/s1. The lowest BCUT2D eigenvalue weighted by atomic mass is 9.71. The summed E-state index contributed by atoms with van der Waals surface area (Å²) in [5.74, 6) is -1.59. The third-order valence-corrected chi connectivity index (χ3v) is 9.83. The summed E-state index contributed by atoms with van der Waals surface area (Å²) in [4.78, 5) is 45.0. The molecule has 2 bridgehead atoms. The summed E-state index contributed by atoms with van der Waals surface area (Å²) in [6.45, 7) is 10.8. The van der Waals surface area contributed by atoms with Crippen molar-refractivity contribution >= 4 is 35.2 Å². The summed E-state index contributed by atoms with van der Waals surface area (Å²) in [5, 5.41) is 9.21. The normalized spacial score (nSPS) is 28.3. The van der Waals surface area contributed by atoms with Gasteiger partial charge < -0.3 is 19.6 Å². The summed E-state index contributed by atoms with van der Waals surface area (Å²) in [6, 6.07) is 5.39. The van der Waals surface area contributed by atoms with E-state index in [0.717, 1.165) is 36.1 Å². The fourth-order valence-corrected chi connectivity index (χ4v) is 8.54. The minimum Gasteiger partial charge on any atom is -0.466 e. The third-order valence-electron chi connectivity index (χ3n) is 7.88. The van der Waals surface area contributed by atoms with Gasteiger partial charge in [0.15, 0.2) is 0 Å². The largest absolute Gasteiger partial charge is 0.466 e. The number of fused-ring (bicyclic) bond motifs is 1. The van der Waals surface area contributed by atoms with E-state index in [-0.39, 0.29) is 36.2 Å². The molecule has 2 amide bonds. The number of amides is 2. The van der Waals surface area contributed by atoms with Crippen molar-refractivity contribution in [2.75, 3.05) is 31.2 Å². The molecule has 3 fully saturated rings. The highest BCUT2D eigenvalue weighted by Gasteiger charge is 2.74. The monoisotopic (exact) mass is 514 g/mol. The molecular weight excluding hydrogens is 476 g/mol. The third kappa shape index (κ3) is 4.47. The van der Waals surface area contributed by atoms with Crippen LogP contribution in [0.5, 0.6) is 0 Å². The number of unbranched alkanes of at least 4 members (excludes halogenated alkanes) is 2. The van der Waals surface area contributed by atoms with Gasteiger partial charge in [0.05, 0.1) is 23.2 Å². The first kappa shape index (κ1) is 26.7. The molecule has 196 valence electrons. The Morgan fingerprint density at radius 1 is 1.31 bits per heavy atom. The van der Waals surface area contributed by atoms with E-state index in [1.54, 1.807) is 34.6 Å². The van der Waals surface area contributed by atoms with Crippen molar-refractivity contribution in [3.63, 3.8) is 0 Å². The molecule has 1 spiro atoms. The van der Waals surface area contributed by atoms with Gasteiger partial charge in [-0.25, -0.2) is 0 Å². The van der Waals surface area contributed by atoms with Gasteiger partial charge >= 0.3 is 5.97 Å². The molecule has 36 heavy (non-hydrogen) atoms. The Hall–Kier alpha value is -2.32. The minimum absolute atomic E-state index is 0.00148. The van der Waals surface area contributed by atoms with Crippen LogP contribution in [0.4, 0.5) is 5.69 Å². The van der Waals surface area contributed by atoms with Gasteiger partial charge in [-0.3, -0.25) is 14.4 Å². The lowest BCUT2D eigenvalue weighted by Crippen LogP contribution is -2.55. The maximum Gasteiger partial charge on any atom is 0.310 e. The SMILES string of the molecule is C=CCN(C(=O)C1N(CCCCCO)C(=O)[C@@H]2[C@H](C(=O)OCC)[C@@H]3CCC12S3)c1cc(C)ccc1C. The maximum atomic E-state index is 14.5. The topological polar surface area (TPSA) is 87.2 Å². The molecule has 3 aliphatic rings. The molecular formula is C28H38N2O5S. The van der Waals surface area contributed by atoms with E-state index in [1.165, 1.54) is 0 Å². The number of anilines is 1. The van der Waals surface area contributed by atoms with Crippen molar-refractivity contribution in [3.05, 3.63) is 42.0 Å². The average Bonchev–Trinajstić information content (AvgIpc) is 3.49. The van der Waals surface area contributed by atoms with Gasteiger partial charge in [0.25, 0.3) is 5.91 Å². The summed E-state index contributed by atoms with van der Waals surface area (Å²) in [5.41, 5.74) is 2.86. The van der Waals surface area contributed by atoms with Crippen LogP contribution in [0.2, 0.25) is 0 Å². The van der Waals surface area contributed by atoms with Gasteiger partial charge in [0.2, 0.25) is 5.91 Å². The number of carbonyl (C=O) groups is 3. The predicted octanol–water partition coefficient (Wildman–Crippen LogP) is 3.64. The van der Waals surface area contributed by atoms with Crippen LogP contribution in [0.15, 0.2) is 30.9 Å². The quantitative estimate of drug-likeness (QED) is 0.276. The van der Waals surface area contributed by atoms with Crippen LogP contribution in [-0.4, -0.2) is 70.1 Å². The Morgan fingerprint density at radius 2 is 2.08 bits per heavy atom. The number of aliphatic hydroxyl groups is 1. The number of benzene rings is 1. The molecule has 3 heterocycles. The molecule has 1 aromatic carbocycles. The molecule has 7 nitrogen and oxygen atoms in total. The average molecular weight is 515 g/mol. The molecule has 2 unspecified atom stereocenters. The van der Waals surface area contributed by atoms with Crippen LogP contribution in [0.1, 0.15) is 50.2 Å². The fourth-order valence-electron chi connectivity index (χ4n) is 6.34. The molecule has 0 aromatic heterocycles. The Labute approximate surface area is 218 Å². The summed E-state index contributed by atoms with van der Waals surface area (Å²) in [7, 11) is 0. The first-order valence-corrected chi connectivity index (χ1v) is 13.9. The lowest BCUT2D eigenvalue weighted by Gasteiger charge is -2.37. The number of hydrogen-bond donors (Lipinski definition) is 1. The van der Waals surface area contributed by atoms with Crippen LogP contribution in [0.3, 0.4) is 0 Å². The molecule has 8 heteroatoms. The van der Waals surface area contributed by atoms with Gasteiger partial charge in [-0.2, -0.15) is 0 Å². The fraction of sp³-hybridized carbons (Fsp3) is 0.607. The van der Waals surface area contributed by atoms with E-state index in [2.05, 4.69) is 6.58 Å². The first-order valence-electron chi connectivity index (χ1n) is 13.1. The molecule has 0 radical (unpaired) electrons. The maximum absolute atomic E-state index is 14.5. The summed E-state index contributed by atoms with van der Waals surface area (Å²) < 4.78 is 4.77. The van der Waals surface area contributed by atoms with Crippen molar-refractivity contribution in [2.24, 2.45) is 11.8 Å². The number of nitrogens with zero attached hydrogens (tertiary/aromatic N) is 2. The second-order valence-corrected chi connectivity index (χ2v) is 11.8. The van der Waals surface area contributed by atoms with Gasteiger partial charge in [0, 0.05) is 30.6 Å². The number of hydrogen-bond acceptors (Lipinski definition) is 6. The Morgan fingerprint density at radius 3 is 2.78 bits per heavy atom. The first-order chi connectivity index (χ1) is 17.3. The summed E-state index contributed by atoms with van der Waals surface area (Å²) >= 11 is 1.66. The van der Waals surface area contributed by atoms with Gasteiger partial charge in [-0.05, 0) is 70.1 Å². The molecule has 4 rings (SSSR count). The highest BCUT2D eigenvalue weighted by molar-refractivity contribution is 8.02. The smallest absolute Gasteiger partial charge is 0.310 e. The number of ether oxygens (including phenoxy) is 1. The van der Waals surface area contributed by atoms with Crippen LogP contribution in [0.25, 0.3) is 0 Å². The van der Waals surface area contributed by atoms with Gasteiger partial charge in [-0.1, -0.05) is 18.2 Å². The molecule has 0 saturated carbocycles. The van der Waals surface area contributed by atoms with E-state index >= 15 is 0 Å². The zero-order valence-electron chi connectivity index (χ0n) is 21.6. The van der Waals surface area contributed by atoms with E-state index in [9.17, 15) is 19.5 Å². The van der Waals surface area contributed by atoms with Crippen LogP contribution < -0.4 is 4.90 Å². The molecule has 1 aromatic rings. The molecule has 3 aliphatic heterocycles. The van der Waals surface area contributed by atoms with E-state index in [0.29, 0.717) is 25.9 Å². The zero-order valence-corrected chi connectivity index (χ0v) is 22.4. The number of esters is 1. The molecule has 5 atom stereocenters. The second kappa shape index (κ2) is 11.0. The number of likely N-dealkylation sites (tertiary alicyclic amines) is 1. The number of thioether (sulfide) groups is 1. The number of aryl methyl sites for hydroxylation is 2. The van der Waals surface area contributed by atoms with E-state index in [4.69, 9.17) is 4.74 Å². The van der Waals surface area contributed by atoms with Crippen LogP contribution in [-0.2, 0) is 19.1 Å². The van der Waals surface area contributed by atoms with Crippen molar-refractivity contribution in [1.29, 1.82) is 0 Å². The van der Waals surface area contributed by atoms with E-state index < -0.39 is 22.6 Å². The van der Waals surface area contributed by atoms with Crippen molar-refractivity contribution < 1.29 is 24.2 Å². The van der Waals surface area contributed by atoms with E-state index in [1.807, 2.05) is 32.0 Å². The van der Waals surface area contributed by atoms with Gasteiger partial charge in [-0.15, -0.1) is 18.3 Å². The van der Waals surface area contributed by atoms with Crippen LogP contribution in [0, 0.1) is 25.7 Å². The number of carbonyl (C=O) groups excluding carboxylic acids is 3. The second-order valence-electron chi connectivity index (χ2n) is 10.2. The highest BCUT2D eigenvalue weighted by Crippen LogP contribution is 2.66. The van der Waals surface area contributed by atoms with Crippen molar-refractivity contribution in [3.8, 4) is 0 Å². The number of rotatable bonds is 11. The number of aliphatic hydroxyl groups excluding tert-OH is 1. The Balaban J connectivity index is 1.75. The zero-order chi connectivity index (χ0) is 26.0. The van der Waals surface area contributed by atoms with Crippen LogP contribution >= 0.6 is 11.8 Å².